The van der Waals surface area contributed by atoms with E-state index in [2.05, 4.69) is 10.0 Å². The van der Waals surface area contributed by atoms with E-state index in [1.807, 2.05) is 0 Å². The molecule has 6 nitrogen and oxygen atoms in total. The highest BCUT2D eigenvalue weighted by Crippen LogP contribution is 2.31. The van der Waals surface area contributed by atoms with E-state index in [-0.39, 0.29) is 24.1 Å². The standard InChI is InChI=1S/C13H20N2O4S2/c1-2-15-21(18,19)10-8-14-12-7-9-20(16,17)13-6-4-3-5-11(12)13/h3-6,12,14-15H,2,7-10H2,1H3. The van der Waals surface area contributed by atoms with E-state index in [1.165, 1.54) is 0 Å². The highest BCUT2D eigenvalue weighted by molar-refractivity contribution is 7.91. The van der Waals surface area contributed by atoms with Gasteiger partial charge in [-0.25, -0.2) is 21.6 Å². The van der Waals surface area contributed by atoms with Crippen LogP contribution >= 0.6 is 0 Å². The zero-order chi connectivity index (χ0) is 15.5. The second-order valence-corrected chi connectivity index (χ2v) is 8.97. The molecule has 1 heterocycles. The smallest absolute Gasteiger partial charge is 0.212 e. The maximum Gasteiger partial charge on any atom is 0.212 e. The minimum absolute atomic E-state index is 0.0216. The molecule has 1 atom stereocenters. The molecule has 1 unspecified atom stereocenters. The predicted molar refractivity (Wildman–Crippen MR) is 81.3 cm³/mol. The fourth-order valence-corrected chi connectivity index (χ4v) is 5.05. The van der Waals surface area contributed by atoms with E-state index in [4.69, 9.17) is 0 Å². The van der Waals surface area contributed by atoms with E-state index in [1.54, 1.807) is 31.2 Å². The van der Waals surface area contributed by atoms with Crippen molar-refractivity contribution in [3.63, 3.8) is 0 Å². The summed E-state index contributed by atoms with van der Waals surface area (Å²) >= 11 is 0. The Hall–Kier alpha value is -0.960. The summed E-state index contributed by atoms with van der Waals surface area (Å²) in [5.41, 5.74) is 0.726. The van der Waals surface area contributed by atoms with Crippen molar-refractivity contribution in [1.82, 2.24) is 10.0 Å². The molecule has 0 amide bonds. The molecule has 1 aliphatic heterocycles. The average molecular weight is 332 g/mol. The Bertz CT molecular complexity index is 699. The Balaban J connectivity index is 2.06. The van der Waals surface area contributed by atoms with Gasteiger partial charge in [-0.3, -0.25) is 0 Å². The summed E-state index contributed by atoms with van der Waals surface area (Å²) in [5, 5.41) is 3.15. The van der Waals surface area contributed by atoms with Crippen LogP contribution in [-0.4, -0.2) is 41.4 Å². The molecule has 21 heavy (non-hydrogen) atoms. The number of sulfone groups is 1. The molecule has 1 aromatic rings. The fourth-order valence-electron chi connectivity index (χ4n) is 2.46. The van der Waals surface area contributed by atoms with Crippen LogP contribution in [0.4, 0.5) is 0 Å². The topological polar surface area (TPSA) is 92.3 Å². The number of nitrogens with one attached hydrogen (secondary N) is 2. The van der Waals surface area contributed by atoms with Gasteiger partial charge in [0.2, 0.25) is 10.0 Å². The van der Waals surface area contributed by atoms with Crippen LogP contribution in [0.1, 0.15) is 24.9 Å². The van der Waals surface area contributed by atoms with E-state index >= 15 is 0 Å². The molecule has 2 rings (SSSR count). The van der Waals surface area contributed by atoms with Gasteiger partial charge in [0.15, 0.2) is 9.84 Å². The Morgan fingerprint density at radius 1 is 1.29 bits per heavy atom. The van der Waals surface area contributed by atoms with Crippen LogP contribution in [0.3, 0.4) is 0 Å². The number of hydrogen-bond acceptors (Lipinski definition) is 5. The zero-order valence-electron chi connectivity index (χ0n) is 11.9. The van der Waals surface area contributed by atoms with Crippen molar-refractivity contribution >= 4 is 19.9 Å². The summed E-state index contributed by atoms with van der Waals surface area (Å²) in [6.07, 6.45) is 0.459. The summed E-state index contributed by atoms with van der Waals surface area (Å²) in [6, 6.07) is 6.76. The monoisotopic (exact) mass is 332 g/mol. The maximum atomic E-state index is 12.0. The number of benzene rings is 1. The largest absolute Gasteiger partial charge is 0.309 e. The Kier molecular flexibility index (Phi) is 5.03. The maximum absolute atomic E-state index is 12.0. The van der Waals surface area contributed by atoms with E-state index in [0.717, 1.165) is 5.56 Å². The number of fused-ring (bicyclic) bond motifs is 1. The SMILES string of the molecule is CCNS(=O)(=O)CCNC1CCS(=O)(=O)c2ccccc21. The lowest BCUT2D eigenvalue weighted by Gasteiger charge is -2.26. The molecule has 0 radical (unpaired) electrons. The van der Waals surface area contributed by atoms with Gasteiger partial charge in [0.05, 0.1) is 16.4 Å². The van der Waals surface area contributed by atoms with Gasteiger partial charge >= 0.3 is 0 Å². The molecular weight excluding hydrogens is 312 g/mol. The molecule has 0 bridgehead atoms. The molecule has 8 heteroatoms. The zero-order valence-corrected chi connectivity index (χ0v) is 13.5. The first-order valence-corrected chi connectivity index (χ1v) is 10.2. The lowest BCUT2D eigenvalue weighted by molar-refractivity contribution is 0.501. The molecule has 0 aromatic heterocycles. The summed E-state index contributed by atoms with van der Waals surface area (Å²) < 4.78 is 49.6. The van der Waals surface area contributed by atoms with E-state index in [9.17, 15) is 16.8 Å². The van der Waals surface area contributed by atoms with Crippen molar-refractivity contribution < 1.29 is 16.8 Å². The second-order valence-electron chi connectivity index (χ2n) is 4.97. The van der Waals surface area contributed by atoms with Gasteiger partial charge in [0, 0.05) is 19.1 Å². The predicted octanol–water partition coefficient (Wildman–Crippen LogP) is 0.434. The third-order valence-electron chi connectivity index (χ3n) is 3.43. The van der Waals surface area contributed by atoms with Crippen LogP contribution in [-0.2, 0) is 19.9 Å². The highest BCUT2D eigenvalue weighted by Gasteiger charge is 2.29. The molecule has 0 fully saturated rings. The van der Waals surface area contributed by atoms with Gasteiger partial charge in [0.25, 0.3) is 0 Å². The molecule has 1 aromatic carbocycles. The van der Waals surface area contributed by atoms with Gasteiger partial charge in [-0.15, -0.1) is 0 Å². The summed E-state index contributed by atoms with van der Waals surface area (Å²) in [6.45, 7) is 2.38. The van der Waals surface area contributed by atoms with Gasteiger partial charge in [0.1, 0.15) is 0 Å². The number of sulfonamides is 1. The Morgan fingerprint density at radius 2 is 2.00 bits per heavy atom. The van der Waals surface area contributed by atoms with Crippen molar-refractivity contribution in [2.45, 2.75) is 24.3 Å². The quantitative estimate of drug-likeness (QED) is 0.788. The highest BCUT2D eigenvalue weighted by atomic mass is 32.2. The van der Waals surface area contributed by atoms with Gasteiger partial charge < -0.3 is 5.32 Å². The number of hydrogen-bond donors (Lipinski definition) is 2. The van der Waals surface area contributed by atoms with E-state index < -0.39 is 19.9 Å². The third-order valence-corrected chi connectivity index (χ3v) is 6.72. The van der Waals surface area contributed by atoms with Crippen LogP contribution in [0, 0.1) is 0 Å². The van der Waals surface area contributed by atoms with Crippen LogP contribution in [0.25, 0.3) is 0 Å². The van der Waals surface area contributed by atoms with Gasteiger partial charge in [-0.05, 0) is 18.1 Å². The van der Waals surface area contributed by atoms with Crippen molar-refractivity contribution in [2.75, 3.05) is 24.6 Å². The van der Waals surface area contributed by atoms with Crippen LogP contribution in [0.5, 0.6) is 0 Å². The summed E-state index contributed by atoms with van der Waals surface area (Å²) in [4.78, 5) is 0.350. The van der Waals surface area contributed by atoms with Crippen LogP contribution < -0.4 is 10.0 Å². The molecule has 0 aliphatic carbocycles. The van der Waals surface area contributed by atoms with Crippen molar-refractivity contribution in [3.05, 3.63) is 29.8 Å². The first-order valence-electron chi connectivity index (χ1n) is 6.88. The first kappa shape index (κ1) is 16.4. The van der Waals surface area contributed by atoms with Gasteiger partial charge in [-0.1, -0.05) is 25.1 Å². The lowest BCUT2D eigenvalue weighted by Crippen LogP contribution is -2.35. The van der Waals surface area contributed by atoms with E-state index in [0.29, 0.717) is 17.9 Å². The van der Waals surface area contributed by atoms with Crippen molar-refractivity contribution in [2.24, 2.45) is 0 Å². The number of rotatable bonds is 6. The Morgan fingerprint density at radius 3 is 2.71 bits per heavy atom. The lowest BCUT2D eigenvalue weighted by atomic mass is 10.0. The minimum atomic E-state index is -3.26. The molecule has 2 N–H and O–H groups in total. The minimum Gasteiger partial charge on any atom is -0.309 e. The van der Waals surface area contributed by atoms with Crippen molar-refractivity contribution in [3.8, 4) is 0 Å². The third kappa shape index (κ3) is 4.03. The van der Waals surface area contributed by atoms with Crippen molar-refractivity contribution in [1.29, 1.82) is 0 Å². The van der Waals surface area contributed by atoms with Crippen LogP contribution in [0.2, 0.25) is 0 Å². The second kappa shape index (κ2) is 6.43. The summed E-state index contributed by atoms with van der Waals surface area (Å²) in [7, 11) is -6.47. The molecule has 118 valence electrons. The normalized spacial score (nSPS) is 20.9. The van der Waals surface area contributed by atoms with Crippen LogP contribution in [0.15, 0.2) is 29.2 Å². The molecule has 1 aliphatic rings. The molecule has 0 saturated heterocycles. The summed E-state index contributed by atoms with van der Waals surface area (Å²) in [5.74, 6) is 0.0634. The fraction of sp³-hybridized carbons (Fsp3) is 0.538. The first-order chi connectivity index (χ1) is 9.86. The average Bonchev–Trinajstić information content (AvgIpc) is 2.41. The molecule has 0 saturated carbocycles. The van der Waals surface area contributed by atoms with Gasteiger partial charge in [-0.2, -0.15) is 0 Å². The Labute approximate surface area is 125 Å². The molecular formula is C13H20N2O4S2. The molecule has 0 spiro atoms.